The highest BCUT2D eigenvalue weighted by atomic mass is 16.2. The maximum absolute atomic E-state index is 12.7. The van der Waals surface area contributed by atoms with E-state index in [9.17, 15) is 19.2 Å². The summed E-state index contributed by atoms with van der Waals surface area (Å²) in [6, 6.07) is 4.76. The van der Waals surface area contributed by atoms with Crippen molar-refractivity contribution in [2.75, 3.05) is 18.9 Å². The molecule has 1 saturated heterocycles. The standard InChI is InChI=1S/C15H15N3O3.C6H13NO/c1-8-9-4-3-5-10(16-2)13(9)15(21)18(8)11-6-7-12(19)17-14(11)20;7-5-3-1-2-4-6-8/h3-5,11,16H,1,6-7H2,2H3,(H,17,19,20);6H,1-5,7H2. The van der Waals surface area contributed by atoms with Crippen molar-refractivity contribution in [1.82, 2.24) is 10.2 Å². The van der Waals surface area contributed by atoms with E-state index in [4.69, 9.17) is 5.73 Å². The summed E-state index contributed by atoms with van der Waals surface area (Å²) in [6.45, 7) is 4.69. The van der Waals surface area contributed by atoms with Gasteiger partial charge in [0.2, 0.25) is 11.8 Å². The van der Waals surface area contributed by atoms with Crippen molar-refractivity contribution in [2.45, 2.75) is 44.6 Å². The van der Waals surface area contributed by atoms with E-state index in [1.807, 2.05) is 12.1 Å². The van der Waals surface area contributed by atoms with Gasteiger partial charge >= 0.3 is 0 Å². The zero-order valence-corrected chi connectivity index (χ0v) is 16.7. The van der Waals surface area contributed by atoms with Gasteiger partial charge < -0.3 is 15.8 Å². The molecule has 8 heteroatoms. The predicted octanol–water partition coefficient (Wildman–Crippen LogP) is 1.66. The maximum Gasteiger partial charge on any atom is 0.261 e. The van der Waals surface area contributed by atoms with Crippen LogP contribution in [0, 0.1) is 0 Å². The number of anilines is 1. The third-order valence-corrected chi connectivity index (χ3v) is 4.92. The van der Waals surface area contributed by atoms with E-state index >= 15 is 0 Å². The number of nitrogens with two attached hydrogens (primary N) is 1. The molecule has 1 aromatic rings. The highest BCUT2D eigenvalue weighted by Crippen LogP contribution is 2.38. The van der Waals surface area contributed by atoms with Crippen LogP contribution < -0.4 is 16.4 Å². The summed E-state index contributed by atoms with van der Waals surface area (Å²) in [4.78, 5) is 47.1. The second-order valence-electron chi connectivity index (χ2n) is 6.87. The molecular weight excluding hydrogens is 372 g/mol. The van der Waals surface area contributed by atoms with Gasteiger partial charge in [-0.05, 0) is 31.9 Å². The first-order chi connectivity index (χ1) is 14.0. The minimum atomic E-state index is -0.681. The SMILES string of the molecule is C=C1c2cccc(NC)c2C(=O)N1C1CCC(=O)NC1=O.NCCCCCC=O. The smallest absolute Gasteiger partial charge is 0.261 e. The topological polar surface area (TPSA) is 122 Å². The lowest BCUT2D eigenvalue weighted by molar-refractivity contribution is -0.136. The number of nitrogens with one attached hydrogen (secondary N) is 2. The van der Waals surface area contributed by atoms with Crippen LogP contribution in [0.3, 0.4) is 0 Å². The molecule has 156 valence electrons. The van der Waals surface area contributed by atoms with E-state index < -0.39 is 11.9 Å². The molecule has 1 fully saturated rings. The predicted molar refractivity (Wildman–Crippen MR) is 111 cm³/mol. The number of hydrogen-bond donors (Lipinski definition) is 3. The van der Waals surface area contributed by atoms with Gasteiger partial charge in [-0.25, -0.2) is 0 Å². The minimum absolute atomic E-state index is 0.225. The number of hydrogen-bond acceptors (Lipinski definition) is 6. The zero-order chi connectivity index (χ0) is 21.4. The summed E-state index contributed by atoms with van der Waals surface area (Å²) >= 11 is 0. The van der Waals surface area contributed by atoms with Crippen LogP contribution in [0.1, 0.15) is 54.4 Å². The van der Waals surface area contributed by atoms with Crippen molar-refractivity contribution < 1.29 is 19.2 Å². The number of imide groups is 1. The Kier molecular flexibility index (Phi) is 8.09. The Morgan fingerprint density at radius 2 is 2.03 bits per heavy atom. The highest BCUT2D eigenvalue weighted by Gasteiger charge is 2.42. The van der Waals surface area contributed by atoms with Gasteiger partial charge in [-0.15, -0.1) is 0 Å². The first kappa shape index (κ1) is 22.3. The molecule has 0 bridgehead atoms. The van der Waals surface area contributed by atoms with Gasteiger partial charge in [0.15, 0.2) is 0 Å². The van der Waals surface area contributed by atoms with E-state index in [-0.39, 0.29) is 18.2 Å². The van der Waals surface area contributed by atoms with Crippen molar-refractivity contribution in [1.29, 1.82) is 0 Å². The first-order valence-electron chi connectivity index (χ1n) is 9.77. The molecule has 1 aromatic carbocycles. The van der Waals surface area contributed by atoms with Crippen LogP contribution >= 0.6 is 0 Å². The van der Waals surface area contributed by atoms with Crippen molar-refractivity contribution in [3.63, 3.8) is 0 Å². The normalized spacial score (nSPS) is 18.0. The zero-order valence-electron chi connectivity index (χ0n) is 16.7. The van der Waals surface area contributed by atoms with Crippen LogP contribution in [0.25, 0.3) is 5.70 Å². The molecule has 1 unspecified atom stereocenters. The molecule has 0 aromatic heterocycles. The molecule has 0 saturated carbocycles. The summed E-state index contributed by atoms with van der Waals surface area (Å²) in [7, 11) is 1.74. The number of nitrogens with zero attached hydrogens (tertiary/aromatic N) is 1. The molecule has 3 amide bonds. The van der Waals surface area contributed by atoms with Crippen LogP contribution in [0.5, 0.6) is 0 Å². The fourth-order valence-corrected chi connectivity index (χ4v) is 3.41. The van der Waals surface area contributed by atoms with E-state index in [0.717, 1.165) is 37.7 Å². The molecule has 29 heavy (non-hydrogen) atoms. The Hall–Kier alpha value is -3.00. The summed E-state index contributed by atoms with van der Waals surface area (Å²) < 4.78 is 0. The third kappa shape index (κ3) is 5.08. The van der Waals surface area contributed by atoms with Gasteiger partial charge in [0, 0.05) is 36.8 Å². The molecule has 0 aliphatic carbocycles. The number of amides is 3. The molecule has 2 heterocycles. The Morgan fingerprint density at radius 3 is 2.66 bits per heavy atom. The molecule has 4 N–H and O–H groups in total. The number of benzene rings is 1. The van der Waals surface area contributed by atoms with Gasteiger partial charge in [-0.3, -0.25) is 24.6 Å². The number of piperidine rings is 1. The number of aldehydes is 1. The number of carbonyl (C=O) groups is 4. The molecule has 3 rings (SSSR count). The minimum Gasteiger partial charge on any atom is -0.387 e. The number of carbonyl (C=O) groups excluding carboxylic acids is 4. The van der Waals surface area contributed by atoms with Crippen LogP contribution in [0.2, 0.25) is 0 Å². The molecular formula is C21H28N4O4. The quantitative estimate of drug-likeness (QED) is 0.364. The maximum atomic E-state index is 12.7. The van der Waals surface area contributed by atoms with Crippen molar-refractivity contribution in [3.8, 4) is 0 Å². The summed E-state index contributed by atoms with van der Waals surface area (Å²) in [5, 5.41) is 5.25. The lowest BCUT2D eigenvalue weighted by Crippen LogP contribution is -2.52. The van der Waals surface area contributed by atoms with Gasteiger partial charge in [0.1, 0.15) is 12.3 Å². The van der Waals surface area contributed by atoms with Gasteiger partial charge in [-0.2, -0.15) is 0 Å². The molecule has 8 nitrogen and oxygen atoms in total. The summed E-state index contributed by atoms with van der Waals surface area (Å²) in [5.41, 5.74) is 7.67. The fourth-order valence-electron chi connectivity index (χ4n) is 3.41. The summed E-state index contributed by atoms with van der Waals surface area (Å²) in [5.74, 6) is -1.00. The van der Waals surface area contributed by atoms with Gasteiger partial charge in [0.25, 0.3) is 5.91 Å². The third-order valence-electron chi connectivity index (χ3n) is 4.92. The molecule has 2 aliphatic rings. The number of fused-ring (bicyclic) bond motifs is 1. The average molecular weight is 400 g/mol. The van der Waals surface area contributed by atoms with Gasteiger partial charge in [0.05, 0.1) is 5.56 Å². The van der Waals surface area contributed by atoms with Crippen molar-refractivity contribution >= 4 is 35.4 Å². The Balaban J connectivity index is 0.000000321. The van der Waals surface area contributed by atoms with Gasteiger partial charge in [-0.1, -0.05) is 25.1 Å². The van der Waals surface area contributed by atoms with Crippen molar-refractivity contribution in [2.24, 2.45) is 5.73 Å². The largest absolute Gasteiger partial charge is 0.387 e. The molecule has 2 aliphatic heterocycles. The molecule has 1 atom stereocenters. The second-order valence-corrected chi connectivity index (χ2v) is 6.87. The Labute approximate surface area is 170 Å². The number of unbranched alkanes of at least 4 members (excludes halogenated alkanes) is 3. The Bertz CT molecular complexity index is 806. The lowest BCUT2D eigenvalue weighted by atomic mass is 10.0. The van der Waals surface area contributed by atoms with E-state index in [2.05, 4.69) is 17.2 Å². The van der Waals surface area contributed by atoms with Crippen LogP contribution in [0.15, 0.2) is 24.8 Å². The monoisotopic (exact) mass is 400 g/mol. The first-order valence-corrected chi connectivity index (χ1v) is 9.77. The second kappa shape index (κ2) is 10.5. The fraction of sp³-hybridized carbons (Fsp3) is 0.429. The van der Waals surface area contributed by atoms with Crippen LogP contribution in [0.4, 0.5) is 5.69 Å². The van der Waals surface area contributed by atoms with E-state index in [1.54, 1.807) is 13.1 Å². The summed E-state index contributed by atoms with van der Waals surface area (Å²) in [6.07, 6.45) is 5.33. The molecule has 0 spiro atoms. The number of rotatable bonds is 7. The van der Waals surface area contributed by atoms with Crippen LogP contribution in [-0.2, 0) is 14.4 Å². The van der Waals surface area contributed by atoms with E-state index in [1.165, 1.54) is 4.90 Å². The lowest BCUT2D eigenvalue weighted by Gasteiger charge is -2.30. The Morgan fingerprint density at radius 1 is 1.28 bits per heavy atom. The average Bonchev–Trinajstić information content (AvgIpc) is 2.97. The van der Waals surface area contributed by atoms with E-state index in [0.29, 0.717) is 29.8 Å². The van der Waals surface area contributed by atoms with Crippen LogP contribution in [-0.4, -0.2) is 48.5 Å². The highest BCUT2D eigenvalue weighted by molar-refractivity contribution is 6.15. The molecule has 0 radical (unpaired) electrons. The van der Waals surface area contributed by atoms with Crippen molar-refractivity contribution in [3.05, 3.63) is 35.9 Å².